The van der Waals surface area contributed by atoms with Crippen LogP contribution in [0.1, 0.15) is 25.8 Å². The van der Waals surface area contributed by atoms with E-state index in [4.69, 9.17) is 11.6 Å². The predicted octanol–water partition coefficient (Wildman–Crippen LogP) is 3.99. The molecule has 1 atom stereocenters. The van der Waals surface area contributed by atoms with E-state index in [0.717, 1.165) is 34.5 Å². The average Bonchev–Trinajstić information content (AvgIpc) is 2.94. The highest BCUT2D eigenvalue weighted by Crippen LogP contribution is 2.25. The predicted molar refractivity (Wildman–Crippen MR) is 89.8 cm³/mol. The van der Waals surface area contributed by atoms with Crippen molar-refractivity contribution in [3.05, 3.63) is 41.3 Å². The van der Waals surface area contributed by atoms with Gasteiger partial charge in [-0.15, -0.1) is 0 Å². The lowest BCUT2D eigenvalue weighted by Gasteiger charge is -2.12. The third-order valence-corrected chi connectivity index (χ3v) is 4.00. The van der Waals surface area contributed by atoms with Gasteiger partial charge < -0.3 is 5.32 Å². The van der Waals surface area contributed by atoms with Gasteiger partial charge in [-0.1, -0.05) is 24.6 Å². The number of nitrogens with zero attached hydrogens (tertiary/aromatic N) is 4. The molecular formula is C16H18ClN5. The molecule has 0 aliphatic rings. The van der Waals surface area contributed by atoms with Crippen molar-refractivity contribution < 1.29 is 0 Å². The molecule has 3 aromatic rings. The Kier molecular flexibility index (Phi) is 3.98. The van der Waals surface area contributed by atoms with E-state index in [1.807, 2.05) is 25.1 Å². The number of fused-ring (bicyclic) bond motifs is 1. The summed E-state index contributed by atoms with van der Waals surface area (Å²) in [6, 6.07) is 6.09. The molecule has 0 amide bonds. The van der Waals surface area contributed by atoms with Crippen LogP contribution in [-0.4, -0.2) is 25.8 Å². The summed E-state index contributed by atoms with van der Waals surface area (Å²) in [5.74, 6) is 0.810. The van der Waals surface area contributed by atoms with Crippen molar-refractivity contribution in [1.82, 2.24) is 19.7 Å². The van der Waals surface area contributed by atoms with E-state index in [1.165, 1.54) is 0 Å². The first-order valence-electron chi connectivity index (χ1n) is 7.32. The minimum absolute atomic E-state index is 0.342. The van der Waals surface area contributed by atoms with E-state index in [0.29, 0.717) is 11.1 Å². The summed E-state index contributed by atoms with van der Waals surface area (Å²) in [6.45, 7) is 6.28. The summed E-state index contributed by atoms with van der Waals surface area (Å²) in [7, 11) is 0. The van der Waals surface area contributed by atoms with Crippen LogP contribution in [0.5, 0.6) is 0 Å². The summed E-state index contributed by atoms with van der Waals surface area (Å²) >= 11 is 6.12. The minimum atomic E-state index is 0.342. The monoisotopic (exact) mass is 315 g/mol. The summed E-state index contributed by atoms with van der Waals surface area (Å²) in [5, 5.41) is 9.45. The molecule has 2 aromatic heterocycles. The molecular weight excluding hydrogens is 298 g/mol. The first-order valence-corrected chi connectivity index (χ1v) is 7.69. The topological polar surface area (TPSA) is 55.6 Å². The molecule has 3 rings (SSSR count). The Labute approximate surface area is 134 Å². The summed E-state index contributed by atoms with van der Waals surface area (Å²) in [5.41, 5.74) is 2.78. The van der Waals surface area contributed by atoms with Crippen LogP contribution >= 0.6 is 11.6 Å². The second-order valence-corrected chi connectivity index (χ2v) is 5.84. The van der Waals surface area contributed by atoms with Gasteiger partial charge in [0, 0.05) is 11.1 Å². The second kappa shape index (κ2) is 5.93. The van der Waals surface area contributed by atoms with Crippen LogP contribution in [-0.2, 0) is 0 Å². The number of aryl methyl sites for hydroxylation is 1. The van der Waals surface area contributed by atoms with Crippen molar-refractivity contribution in [2.45, 2.75) is 33.2 Å². The van der Waals surface area contributed by atoms with Crippen LogP contribution in [0.3, 0.4) is 0 Å². The first-order chi connectivity index (χ1) is 10.6. The van der Waals surface area contributed by atoms with E-state index in [-0.39, 0.29) is 0 Å². The Morgan fingerprint density at radius 3 is 2.91 bits per heavy atom. The fraction of sp³-hybridized carbons (Fsp3) is 0.312. The molecule has 0 aliphatic heterocycles. The van der Waals surface area contributed by atoms with Crippen LogP contribution in [0.2, 0.25) is 5.02 Å². The fourth-order valence-corrected chi connectivity index (χ4v) is 2.45. The maximum absolute atomic E-state index is 6.12. The molecule has 2 heterocycles. The summed E-state index contributed by atoms with van der Waals surface area (Å²) in [6.07, 6.45) is 4.37. The Morgan fingerprint density at radius 1 is 1.32 bits per heavy atom. The molecule has 1 N–H and O–H groups in total. The van der Waals surface area contributed by atoms with Crippen LogP contribution in [0, 0.1) is 6.92 Å². The lowest BCUT2D eigenvalue weighted by Crippen LogP contribution is -2.14. The molecule has 22 heavy (non-hydrogen) atoms. The van der Waals surface area contributed by atoms with E-state index >= 15 is 0 Å². The number of hydrogen-bond donors (Lipinski definition) is 1. The van der Waals surface area contributed by atoms with Crippen molar-refractivity contribution in [2.24, 2.45) is 0 Å². The van der Waals surface area contributed by atoms with E-state index in [1.54, 1.807) is 17.2 Å². The largest absolute Gasteiger partial charge is 0.367 e. The molecule has 5 nitrogen and oxygen atoms in total. The Bertz CT molecular complexity index is 811. The maximum atomic E-state index is 6.12. The van der Waals surface area contributed by atoms with Gasteiger partial charge in [0.15, 0.2) is 5.65 Å². The van der Waals surface area contributed by atoms with E-state index in [9.17, 15) is 0 Å². The van der Waals surface area contributed by atoms with Gasteiger partial charge in [0.25, 0.3) is 0 Å². The quantitative estimate of drug-likeness (QED) is 0.791. The molecule has 0 unspecified atom stereocenters. The number of benzene rings is 1. The van der Waals surface area contributed by atoms with Gasteiger partial charge in [0.2, 0.25) is 0 Å². The number of nitrogens with one attached hydrogen (secondary N) is 1. The zero-order valence-corrected chi connectivity index (χ0v) is 13.6. The Morgan fingerprint density at radius 2 is 2.14 bits per heavy atom. The van der Waals surface area contributed by atoms with E-state index < -0.39 is 0 Å². The second-order valence-electron chi connectivity index (χ2n) is 5.40. The molecule has 0 bridgehead atoms. The van der Waals surface area contributed by atoms with Gasteiger partial charge in [0.1, 0.15) is 12.1 Å². The third kappa shape index (κ3) is 2.64. The van der Waals surface area contributed by atoms with Gasteiger partial charge in [-0.2, -0.15) is 5.10 Å². The smallest absolute Gasteiger partial charge is 0.168 e. The standard InChI is InChI=1S/C16H18ClN5/c1-4-11(3)21-15-13-8-20-22(16(13)19-9-18-15)14-7-12(17)6-5-10(14)2/h5-9,11H,4H2,1-3H3,(H,18,19,21)/t11-/m1/s1. The van der Waals surface area contributed by atoms with Crippen molar-refractivity contribution >= 4 is 28.5 Å². The van der Waals surface area contributed by atoms with Crippen LogP contribution in [0.25, 0.3) is 16.7 Å². The zero-order valence-electron chi connectivity index (χ0n) is 12.8. The molecule has 0 fully saturated rings. The molecule has 114 valence electrons. The molecule has 0 saturated heterocycles. The highest BCUT2D eigenvalue weighted by Gasteiger charge is 2.13. The molecule has 1 aromatic carbocycles. The van der Waals surface area contributed by atoms with E-state index in [2.05, 4.69) is 34.2 Å². The van der Waals surface area contributed by atoms with Gasteiger partial charge >= 0.3 is 0 Å². The zero-order chi connectivity index (χ0) is 15.7. The van der Waals surface area contributed by atoms with Crippen molar-refractivity contribution in [2.75, 3.05) is 5.32 Å². The summed E-state index contributed by atoms with van der Waals surface area (Å²) in [4.78, 5) is 8.73. The van der Waals surface area contributed by atoms with Crippen LogP contribution in [0.15, 0.2) is 30.7 Å². The lowest BCUT2D eigenvalue weighted by atomic mass is 10.2. The van der Waals surface area contributed by atoms with Crippen LogP contribution in [0.4, 0.5) is 5.82 Å². The molecule has 6 heteroatoms. The Hall–Kier alpha value is -2.14. The van der Waals surface area contributed by atoms with Crippen molar-refractivity contribution in [3.8, 4) is 5.69 Å². The van der Waals surface area contributed by atoms with Gasteiger partial charge in [0.05, 0.1) is 17.3 Å². The van der Waals surface area contributed by atoms with Gasteiger partial charge in [-0.25, -0.2) is 14.6 Å². The first kappa shape index (κ1) is 14.8. The number of anilines is 1. The molecule has 0 spiro atoms. The summed E-state index contributed by atoms with van der Waals surface area (Å²) < 4.78 is 1.81. The number of halogens is 1. The lowest BCUT2D eigenvalue weighted by molar-refractivity contribution is 0.760. The highest BCUT2D eigenvalue weighted by molar-refractivity contribution is 6.30. The maximum Gasteiger partial charge on any atom is 0.168 e. The van der Waals surface area contributed by atoms with Gasteiger partial charge in [-0.05, 0) is 38.0 Å². The highest BCUT2D eigenvalue weighted by atomic mass is 35.5. The molecule has 0 saturated carbocycles. The van der Waals surface area contributed by atoms with Crippen molar-refractivity contribution in [1.29, 1.82) is 0 Å². The number of aromatic nitrogens is 4. The average molecular weight is 316 g/mol. The molecule has 0 radical (unpaired) electrons. The fourth-order valence-electron chi connectivity index (χ4n) is 2.28. The molecule has 0 aliphatic carbocycles. The van der Waals surface area contributed by atoms with Gasteiger partial charge in [-0.3, -0.25) is 0 Å². The Balaban J connectivity index is 2.13. The number of rotatable bonds is 4. The SMILES string of the molecule is CC[C@@H](C)Nc1ncnc2c1cnn2-c1cc(Cl)ccc1C. The number of hydrogen-bond acceptors (Lipinski definition) is 4. The third-order valence-electron chi connectivity index (χ3n) is 3.76. The van der Waals surface area contributed by atoms with Crippen molar-refractivity contribution in [3.63, 3.8) is 0 Å². The minimum Gasteiger partial charge on any atom is -0.367 e. The van der Waals surface area contributed by atoms with Crippen LogP contribution < -0.4 is 5.32 Å². The normalized spacial score (nSPS) is 12.5.